The van der Waals surface area contributed by atoms with Crippen molar-refractivity contribution in [1.82, 2.24) is 0 Å². The third-order valence-electron chi connectivity index (χ3n) is 4.41. The summed E-state index contributed by atoms with van der Waals surface area (Å²) in [4.78, 5) is 4.10. The highest BCUT2D eigenvalue weighted by Gasteiger charge is 2.40. The third kappa shape index (κ3) is 4.07. The van der Waals surface area contributed by atoms with Gasteiger partial charge in [0.25, 0.3) is 5.92 Å². The highest BCUT2D eigenvalue weighted by atomic mass is 19.3. The number of ether oxygens (including phenoxy) is 2. The number of benzene rings is 1. The number of anilines is 1. The van der Waals surface area contributed by atoms with Gasteiger partial charge in [0.2, 0.25) is 0 Å². The van der Waals surface area contributed by atoms with Crippen molar-refractivity contribution in [3.63, 3.8) is 0 Å². The van der Waals surface area contributed by atoms with Crippen molar-refractivity contribution in [3.8, 4) is 11.5 Å². The molecule has 2 aliphatic rings. The Hall–Kier alpha value is -2.05. The number of hydrogen-bond donors (Lipinski definition) is 2. The quantitative estimate of drug-likeness (QED) is 0.654. The molecule has 24 heavy (non-hydrogen) atoms. The molecule has 3 rings (SSSR count). The fraction of sp³-hybridized carbons (Fsp3) is 0.588. The number of rotatable bonds is 3. The Labute approximate surface area is 140 Å². The SMILES string of the molecule is NC(=NCC1CCCCC1(F)F)Nc1ccc2c(c1)OCCCO2. The Morgan fingerprint density at radius 1 is 1.21 bits per heavy atom. The van der Waals surface area contributed by atoms with Gasteiger partial charge in [-0.1, -0.05) is 6.42 Å². The van der Waals surface area contributed by atoms with Crippen molar-refractivity contribution in [1.29, 1.82) is 0 Å². The number of halogens is 2. The molecular weight excluding hydrogens is 316 g/mol. The van der Waals surface area contributed by atoms with Gasteiger partial charge in [0, 0.05) is 30.5 Å². The van der Waals surface area contributed by atoms with Gasteiger partial charge in [0.15, 0.2) is 17.5 Å². The van der Waals surface area contributed by atoms with Crippen LogP contribution in [-0.4, -0.2) is 31.6 Å². The van der Waals surface area contributed by atoms with Crippen molar-refractivity contribution in [2.75, 3.05) is 25.1 Å². The third-order valence-corrected chi connectivity index (χ3v) is 4.41. The first-order valence-electron chi connectivity index (χ1n) is 8.39. The number of nitrogens with two attached hydrogens (primary N) is 1. The normalized spacial score (nSPS) is 23.4. The number of nitrogens with zero attached hydrogens (tertiary/aromatic N) is 1. The van der Waals surface area contributed by atoms with Crippen LogP contribution in [0, 0.1) is 5.92 Å². The molecule has 5 nitrogen and oxygen atoms in total. The monoisotopic (exact) mass is 339 g/mol. The minimum absolute atomic E-state index is 0.0381. The zero-order chi connectivity index (χ0) is 17.0. The standard InChI is InChI=1S/C17H23F2N3O2/c18-17(19)7-2-1-4-12(17)11-21-16(20)22-13-5-6-14-15(10-13)24-9-3-8-23-14/h5-6,10,12H,1-4,7-9,11H2,(H3,20,21,22). The zero-order valence-corrected chi connectivity index (χ0v) is 13.6. The molecular formula is C17H23F2N3O2. The van der Waals surface area contributed by atoms with E-state index in [9.17, 15) is 8.78 Å². The average molecular weight is 339 g/mol. The lowest BCUT2D eigenvalue weighted by molar-refractivity contribution is -0.0814. The molecule has 7 heteroatoms. The average Bonchev–Trinajstić information content (AvgIpc) is 2.78. The van der Waals surface area contributed by atoms with Crippen LogP contribution >= 0.6 is 0 Å². The Morgan fingerprint density at radius 2 is 2.00 bits per heavy atom. The first-order chi connectivity index (χ1) is 11.5. The molecule has 0 aromatic heterocycles. The fourth-order valence-corrected chi connectivity index (χ4v) is 3.03. The largest absolute Gasteiger partial charge is 0.490 e. The van der Waals surface area contributed by atoms with Gasteiger partial charge in [-0.2, -0.15) is 0 Å². The summed E-state index contributed by atoms with van der Waals surface area (Å²) in [5, 5.41) is 2.93. The summed E-state index contributed by atoms with van der Waals surface area (Å²) in [7, 11) is 0. The van der Waals surface area contributed by atoms with Crippen LogP contribution in [-0.2, 0) is 0 Å². The van der Waals surface area contributed by atoms with E-state index in [0.717, 1.165) is 12.8 Å². The van der Waals surface area contributed by atoms with Gasteiger partial charge >= 0.3 is 0 Å². The number of guanidine groups is 1. The zero-order valence-electron chi connectivity index (χ0n) is 13.6. The molecule has 0 saturated heterocycles. The lowest BCUT2D eigenvalue weighted by atomic mass is 9.86. The second kappa shape index (κ2) is 7.23. The molecule has 1 aliphatic carbocycles. The molecule has 3 N–H and O–H groups in total. The summed E-state index contributed by atoms with van der Waals surface area (Å²) in [6.45, 7) is 1.26. The maximum absolute atomic E-state index is 13.8. The molecule has 0 amide bonds. The molecule has 1 unspecified atom stereocenters. The molecule has 0 radical (unpaired) electrons. The van der Waals surface area contributed by atoms with Crippen molar-refractivity contribution in [2.24, 2.45) is 16.6 Å². The van der Waals surface area contributed by atoms with Gasteiger partial charge in [-0.05, 0) is 25.0 Å². The second-order valence-electron chi connectivity index (χ2n) is 6.27. The summed E-state index contributed by atoms with van der Waals surface area (Å²) < 4.78 is 38.8. The molecule has 1 aromatic carbocycles. The first-order valence-corrected chi connectivity index (χ1v) is 8.39. The van der Waals surface area contributed by atoms with Crippen LogP contribution in [0.25, 0.3) is 0 Å². The Kier molecular flexibility index (Phi) is 5.06. The predicted molar refractivity (Wildman–Crippen MR) is 89.1 cm³/mol. The minimum Gasteiger partial charge on any atom is -0.490 e. The molecule has 1 saturated carbocycles. The molecule has 1 atom stereocenters. The van der Waals surface area contributed by atoms with E-state index in [4.69, 9.17) is 15.2 Å². The fourth-order valence-electron chi connectivity index (χ4n) is 3.03. The van der Waals surface area contributed by atoms with Crippen LogP contribution in [0.3, 0.4) is 0 Å². The molecule has 0 bridgehead atoms. The van der Waals surface area contributed by atoms with Crippen molar-refractivity contribution in [3.05, 3.63) is 18.2 Å². The maximum atomic E-state index is 13.8. The molecule has 1 aliphatic heterocycles. The first kappa shape index (κ1) is 16.8. The molecule has 0 spiro atoms. The van der Waals surface area contributed by atoms with Crippen LogP contribution in [0.15, 0.2) is 23.2 Å². The number of nitrogens with one attached hydrogen (secondary N) is 1. The van der Waals surface area contributed by atoms with E-state index in [1.807, 2.05) is 0 Å². The summed E-state index contributed by atoms with van der Waals surface area (Å²) in [5.41, 5.74) is 6.53. The van der Waals surface area contributed by atoms with Crippen molar-refractivity contribution < 1.29 is 18.3 Å². The number of fused-ring (bicyclic) bond motifs is 1. The molecule has 1 fully saturated rings. The van der Waals surface area contributed by atoms with Crippen LogP contribution in [0.5, 0.6) is 11.5 Å². The summed E-state index contributed by atoms with van der Waals surface area (Å²) in [6.07, 6.45) is 2.68. The van der Waals surface area contributed by atoms with E-state index in [1.165, 1.54) is 0 Å². The smallest absolute Gasteiger partial charge is 0.252 e. The summed E-state index contributed by atoms with van der Waals surface area (Å²) >= 11 is 0. The summed E-state index contributed by atoms with van der Waals surface area (Å²) in [6, 6.07) is 5.37. The van der Waals surface area contributed by atoms with E-state index in [2.05, 4.69) is 10.3 Å². The van der Waals surface area contributed by atoms with Crippen LogP contribution in [0.2, 0.25) is 0 Å². The van der Waals surface area contributed by atoms with Crippen LogP contribution < -0.4 is 20.5 Å². The number of alkyl halides is 2. The summed E-state index contributed by atoms with van der Waals surface area (Å²) in [5.74, 6) is -1.90. The molecule has 1 heterocycles. The number of aliphatic imine (C=N–C) groups is 1. The van der Waals surface area contributed by atoms with Gasteiger partial charge in [-0.3, -0.25) is 4.99 Å². The Balaban J connectivity index is 1.62. The van der Waals surface area contributed by atoms with Gasteiger partial charge in [0.05, 0.1) is 19.8 Å². The van der Waals surface area contributed by atoms with Crippen molar-refractivity contribution in [2.45, 2.75) is 38.0 Å². The lowest BCUT2D eigenvalue weighted by Gasteiger charge is -2.30. The van der Waals surface area contributed by atoms with E-state index in [-0.39, 0.29) is 18.9 Å². The highest BCUT2D eigenvalue weighted by molar-refractivity contribution is 5.92. The highest BCUT2D eigenvalue weighted by Crippen LogP contribution is 2.38. The molecule has 1 aromatic rings. The van der Waals surface area contributed by atoms with Crippen LogP contribution in [0.1, 0.15) is 32.1 Å². The van der Waals surface area contributed by atoms with E-state index in [1.54, 1.807) is 18.2 Å². The van der Waals surface area contributed by atoms with E-state index < -0.39 is 11.8 Å². The van der Waals surface area contributed by atoms with Gasteiger partial charge < -0.3 is 20.5 Å². The Morgan fingerprint density at radius 3 is 2.79 bits per heavy atom. The predicted octanol–water partition coefficient (Wildman–Crippen LogP) is 3.40. The van der Waals surface area contributed by atoms with E-state index >= 15 is 0 Å². The maximum Gasteiger partial charge on any atom is 0.252 e. The topological polar surface area (TPSA) is 68.9 Å². The van der Waals surface area contributed by atoms with Crippen molar-refractivity contribution >= 4 is 11.6 Å². The number of hydrogen-bond acceptors (Lipinski definition) is 3. The minimum atomic E-state index is -2.64. The lowest BCUT2D eigenvalue weighted by Crippen LogP contribution is -2.35. The molecule has 132 valence electrons. The van der Waals surface area contributed by atoms with Gasteiger partial charge in [-0.25, -0.2) is 8.78 Å². The Bertz CT molecular complexity index is 607. The van der Waals surface area contributed by atoms with Gasteiger partial charge in [-0.15, -0.1) is 0 Å². The van der Waals surface area contributed by atoms with Gasteiger partial charge in [0.1, 0.15) is 0 Å². The second-order valence-corrected chi connectivity index (χ2v) is 6.27. The van der Waals surface area contributed by atoms with Crippen LogP contribution in [0.4, 0.5) is 14.5 Å². The van der Waals surface area contributed by atoms with E-state index in [0.29, 0.717) is 43.2 Å².